The van der Waals surface area contributed by atoms with Crippen LogP contribution in [0, 0.1) is 6.92 Å². The quantitative estimate of drug-likeness (QED) is 0.849. The topological polar surface area (TPSA) is 76.0 Å². The van der Waals surface area contributed by atoms with Crippen molar-refractivity contribution in [1.29, 1.82) is 0 Å². The molecule has 0 aliphatic carbocycles. The largest absolute Gasteiger partial charge is 0.315 e. The first-order valence-electron chi connectivity index (χ1n) is 6.66. The summed E-state index contributed by atoms with van der Waals surface area (Å²) in [7, 11) is 0.0519. The third-order valence-electron chi connectivity index (χ3n) is 3.08. The van der Waals surface area contributed by atoms with Gasteiger partial charge < -0.3 is 5.32 Å². The van der Waals surface area contributed by atoms with Crippen molar-refractivity contribution in [1.82, 2.24) is 15.1 Å². The van der Waals surface area contributed by atoms with E-state index in [0.717, 1.165) is 16.1 Å². The Morgan fingerprint density at radius 1 is 1.43 bits per heavy atom. The van der Waals surface area contributed by atoms with Crippen molar-refractivity contribution in [3.63, 3.8) is 0 Å². The zero-order valence-corrected chi connectivity index (χ0v) is 14.2. The second-order valence-corrected chi connectivity index (χ2v) is 7.87. The Balaban J connectivity index is 2.31. The molecule has 0 bridgehead atoms. The third-order valence-corrected chi connectivity index (χ3v) is 6.16. The molecule has 0 amide bonds. The van der Waals surface area contributed by atoms with Crippen LogP contribution in [0.25, 0.3) is 0 Å². The number of nitrogens with one attached hydrogen (secondary N) is 2. The van der Waals surface area contributed by atoms with Gasteiger partial charge in [-0.2, -0.15) is 5.10 Å². The maximum Gasteiger partial charge on any atom is 0.271 e. The predicted molar refractivity (Wildman–Crippen MR) is 85.2 cm³/mol. The number of thiophene rings is 1. The minimum atomic E-state index is -3.57. The number of aromatic nitrogens is 2. The lowest BCUT2D eigenvalue weighted by Crippen LogP contribution is -2.12. The molecule has 0 aliphatic heterocycles. The van der Waals surface area contributed by atoms with Gasteiger partial charge in [-0.05, 0) is 32.0 Å². The highest BCUT2D eigenvalue weighted by Gasteiger charge is 2.21. The molecule has 6 nitrogen and oxygen atoms in total. The van der Waals surface area contributed by atoms with Crippen LogP contribution < -0.4 is 10.0 Å². The smallest absolute Gasteiger partial charge is 0.271 e. The maximum atomic E-state index is 12.5. The zero-order valence-electron chi connectivity index (χ0n) is 12.6. The molecule has 21 heavy (non-hydrogen) atoms. The fraction of sp³-hybridized carbons (Fsp3) is 0.462. The first-order chi connectivity index (χ1) is 9.87. The monoisotopic (exact) mass is 328 g/mol. The molecular formula is C13H20N4O2S2. The van der Waals surface area contributed by atoms with Crippen LogP contribution in [0.1, 0.15) is 23.1 Å². The van der Waals surface area contributed by atoms with Gasteiger partial charge in [0.2, 0.25) is 0 Å². The summed E-state index contributed by atoms with van der Waals surface area (Å²) in [6, 6.07) is 1.71. The first kappa shape index (κ1) is 16.0. The molecule has 0 aliphatic rings. The van der Waals surface area contributed by atoms with Crippen LogP contribution in [0.2, 0.25) is 0 Å². The minimum Gasteiger partial charge on any atom is -0.315 e. The van der Waals surface area contributed by atoms with Crippen molar-refractivity contribution in [2.24, 2.45) is 7.05 Å². The van der Waals surface area contributed by atoms with E-state index in [1.807, 2.05) is 20.9 Å². The number of hydrogen-bond acceptors (Lipinski definition) is 5. The van der Waals surface area contributed by atoms with E-state index < -0.39 is 10.0 Å². The molecule has 0 spiro atoms. The Hall–Kier alpha value is -1.38. The average molecular weight is 328 g/mol. The molecule has 2 heterocycles. The summed E-state index contributed by atoms with van der Waals surface area (Å²) in [5.41, 5.74) is 2.27. The molecule has 0 saturated heterocycles. The summed E-state index contributed by atoms with van der Waals surface area (Å²) in [5, 5.41) is 7.29. The van der Waals surface area contributed by atoms with Gasteiger partial charge in [0.05, 0.1) is 11.4 Å². The Bertz CT molecular complexity index is 731. The summed E-state index contributed by atoms with van der Waals surface area (Å²) >= 11 is 1.29. The standard InChI is InChI=1S/C13H20N4O2S2/c1-5-10-11(8-17(4)15-10)16-21(18,19)13-6-9(2)12(20-13)7-14-3/h6,8,14,16H,5,7H2,1-4H3. The molecule has 0 saturated carbocycles. The highest BCUT2D eigenvalue weighted by Crippen LogP contribution is 2.28. The van der Waals surface area contributed by atoms with Crippen LogP contribution in [-0.4, -0.2) is 25.2 Å². The highest BCUT2D eigenvalue weighted by atomic mass is 32.2. The van der Waals surface area contributed by atoms with Crippen molar-refractivity contribution < 1.29 is 8.42 Å². The normalized spacial score (nSPS) is 11.8. The van der Waals surface area contributed by atoms with Gasteiger partial charge in [0.1, 0.15) is 4.21 Å². The van der Waals surface area contributed by atoms with Gasteiger partial charge in [0, 0.05) is 24.7 Å². The van der Waals surface area contributed by atoms with Gasteiger partial charge in [0.25, 0.3) is 10.0 Å². The number of anilines is 1. The maximum absolute atomic E-state index is 12.5. The molecule has 0 atom stereocenters. The minimum absolute atomic E-state index is 0.330. The zero-order chi connectivity index (χ0) is 15.6. The van der Waals surface area contributed by atoms with Gasteiger partial charge in [-0.3, -0.25) is 9.40 Å². The van der Waals surface area contributed by atoms with Crippen LogP contribution in [0.5, 0.6) is 0 Å². The third kappa shape index (κ3) is 3.45. The van der Waals surface area contributed by atoms with Crippen molar-refractivity contribution in [2.75, 3.05) is 11.8 Å². The summed E-state index contributed by atoms with van der Waals surface area (Å²) in [6.45, 7) is 4.53. The average Bonchev–Trinajstić information content (AvgIpc) is 2.94. The molecule has 8 heteroatoms. The Kier molecular flexibility index (Phi) is 4.70. The van der Waals surface area contributed by atoms with E-state index in [1.165, 1.54) is 11.3 Å². The van der Waals surface area contributed by atoms with E-state index in [9.17, 15) is 8.42 Å². The van der Waals surface area contributed by atoms with E-state index in [1.54, 1.807) is 24.0 Å². The van der Waals surface area contributed by atoms with Crippen LogP contribution in [0.15, 0.2) is 16.5 Å². The molecule has 0 unspecified atom stereocenters. The predicted octanol–water partition coefficient (Wildman–Crippen LogP) is 1.87. The SMILES string of the molecule is CCc1nn(C)cc1NS(=O)(=O)c1cc(C)c(CNC)s1. The molecule has 0 fully saturated rings. The van der Waals surface area contributed by atoms with Gasteiger partial charge >= 0.3 is 0 Å². The Morgan fingerprint density at radius 2 is 2.14 bits per heavy atom. The van der Waals surface area contributed by atoms with E-state index in [0.29, 0.717) is 22.9 Å². The number of rotatable bonds is 6. The lowest BCUT2D eigenvalue weighted by atomic mass is 10.3. The number of nitrogens with zero attached hydrogens (tertiary/aromatic N) is 2. The molecule has 116 valence electrons. The van der Waals surface area contributed by atoms with Gasteiger partial charge in [-0.25, -0.2) is 8.42 Å². The highest BCUT2D eigenvalue weighted by molar-refractivity contribution is 7.94. The summed E-state index contributed by atoms with van der Waals surface area (Å²) < 4.78 is 29.6. The van der Waals surface area contributed by atoms with Crippen molar-refractivity contribution in [3.05, 3.63) is 28.4 Å². The molecule has 0 radical (unpaired) electrons. The van der Waals surface area contributed by atoms with Crippen LogP contribution >= 0.6 is 11.3 Å². The van der Waals surface area contributed by atoms with Gasteiger partial charge in [-0.15, -0.1) is 11.3 Å². The molecule has 2 aromatic heterocycles. The summed E-state index contributed by atoms with van der Waals surface area (Å²) in [5.74, 6) is 0. The van der Waals surface area contributed by atoms with Gasteiger partial charge in [0.15, 0.2) is 0 Å². The lowest BCUT2D eigenvalue weighted by Gasteiger charge is -2.05. The molecule has 2 aromatic rings. The van der Waals surface area contributed by atoms with E-state index in [-0.39, 0.29) is 0 Å². The Labute approximate surface area is 129 Å². The van der Waals surface area contributed by atoms with Crippen molar-refractivity contribution in [2.45, 2.75) is 31.0 Å². The molecule has 2 N–H and O–H groups in total. The first-order valence-corrected chi connectivity index (χ1v) is 8.96. The van der Waals surface area contributed by atoms with Crippen LogP contribution in [0.4, 0.5) is 5.69 Å². The summed E-state index contributed by atoms with van der Waals surface area (Å²) in [4.78, 5) is 1.03. The van der Waals surface area contributed by atoms with E-state index in [4.69, 9.17) is 0 Å². The van der Waals surface area contributed by atoms with E-state index >= 15 is 0 Å². The second-order valence-electron chi connectivity index (χ2n) is 4.82. The summed E-state index contributed by atoms with van der Waals surface area (Å²) in [6.07, 6.45) is 2.36. The van der Waals surface area contributed by atoms with E-state index in [2.05, 4.69) is 15.1 Å². The fourth-order valence-corrected chi connectivity index (χ4v) is 4.71. The van der Waals surface area contributed by atoms with Crippen LogP contribution in [0.3, 0.4) is 0 Å². The van der Waals surface area contributed by atoms with Crippen LogP contribution in [-0.2, 0) is 30.0 Å². The lowest BCUT2D eigenvalue weighted by molar-refractivity contribution is 0.603. The molecule has 0 aromatic carbocycles. The number of sulfonamides is 1. The molecule has 2 rings (SSSR count). The van der Waals surface area contributed by atoms with Crippen molar-refractivity contribution >= 4 is 27.0 Å². The fourth-order valence-electron chi connectivity index (χ4n) is 2.03. The molecular weight excluding hydrogens is 308 g/mol. The Morgan fingerprint density at radius 3 is 2.76 bits per heavy atom. The number of hydrogen-bond donors (Lipinski definition) is 2. The van der Waals surface area contributed by atoms with Gasteiger partial charge in [-0.1, -0.05) is 6.92 Å². The number of aryl methyl sites for hydroxylation is 3. The second kappa shape index (κ2) is 6.17. The van der Waals surface area contributed by atoms with Crippen molar-refractivity contribution in [3.8, 4) is 0 Å².